The van der Waals surface area contributed by atoms with E-state index >= 15 is 0 Å². The van der Waals surface area contributed by atoms with Gasteiger partial charge in [0.2, 0.25) is 11.9 Å². The lowest BCUT2D eigenvalue weighted by Crippen LogP contribution is -2.32. The Morgan fingerprint density at radius 1 is 0.968 bits per heavy atom. The fourth-order valence-electron chi connectivity index (χ4n) is 3.53. The third kappa shape index (κ3) is 5.44. The Balaban J connectivity index is 1.34. The normalized spacial score (nSPS) is 13.6. The smallest absolute Gasteiger partial charge is 0.261 e. The number of benzene rings is 1. The number of aromatic nitrogens is 4. The van der Waals surface area contributed by atoms with Crippen LogP contribution in [0.2, 0.25) is 0 Å². The molecule has 31 heavy (non-hydrogen) atoms. The van der Waals surface area contributed by atoms with Crippen LogP contribution in [0.5, 0.6) is 0 Å². The number of hydrogen-bond donors (Lipinski definition) is 2. The fourth-order valence-corrected chi connectivity index (χ4v) is 3.53. The fraction of sp³-hybridized carbons (Fsp3) is 0.318. The minimum Gasteiger partial charge on any atom is -0.356 e. The second-order valence-corrected chi connectivity index (χ2v) is 7.40. The first kappa shape index (κ1) is 20.5. The summed E-state index contributed by atoms with van der Waals surface area (Å²) in [6, 6.07) is 13.2. The molecule has 2 aromatic heterocycles. The SMILES string of the molecule is O=C(Cn1cnc(NC(=O)c2cccnc2N2CCCCC2)n1)NCc1ccccc1. The van der Waals surface area contributed by atoms with Crippen molar-refractivity contribution >= 4 is 23.6 Å². The second kappa shape index (κ2) is 9.84. The summed E-state index contributed by atoms with van der Waals surface area (Å²) in [5.74, 6) is 0.319. The number of rotatable bonds is 7. The summed E-state index contributed by atoms with van der Waals surface area (Å²) in [6.45, 7) is 2.24. The highest BCUT2D eigenvalue weighted by atomic mass is 16.2. The van der Waals surface area contributed by atoms with Gasteiger partial charge in [-0.05, 0) is 37.0 Å². The predicted octanol–water partition coefficient (Wildman–Crippen LogP) is 2.23. The van der Waals surface area contributed by atoms with Crippen LogP contribution in [0.1, 0.15) is 35.2 Å². The van der Waals surface area contributed by atoms with Crippen molar-refractivity contribution in [2.45, 2.75) is 32.4 Å². The second-order valence-electron chi connectivity index (χ2n) is 7.40. The number of piperidine rings is 1. The average molecular weight is 419 g/mol. The maximum absolute atomic E-state index is 12.8. The van der Waals surface area contributed by atoms with E-state index < -0.39 is 0 Å². The van der Waals surface area contributed by atoms with Crippen LogP contribution in [0.4, 0.5) is 11.8 Å². The van der Waals surface area contributed by atoms with Crippen LogP contribution in [-0.4, -0.2) is 44.7 Å². The molecule has 2 N–H and O–H groups in total. The van der Waals surface area contributed by atoms with Gasteiger partial charge in [0.25, 0.3) is 5.91 Å². The quantitative estimate of drug-likeness (QED) is 0.609. The van der Waals surface area contributed by atoms with Crippen LogP contribution in [0.15, 0.2) is 55.0 Å². The summed E-state index contributed by atoms with van der Waals surface area (Å²) >= 11 is 0. The van der Waals surface area contributed by atoms with Gasteiger partial charge in [-0.3, -0.25) is 14.9 Å². The van der Waals surface area contributed by atoms with E-state index in [9.17, 15) is 9.59 Å². The molecule has 3 heterocycles. The number of carbonyl (C=O) groups is 2. The van der Waals surface area contributed by atoms with Gasteiger partial charge >= 0.3 is 0 Å². The van der Waals surface area contributed by atoms with Crippen molar-refractivity contribution in [3.05, 3.63) is 66.1 Å². The first-order chi connectivity index (χ1) is 15.2. The van der Waals surface area contributed by atoms with Crippen LogP contribution >= 0.6 is 0 Å². The Hall–Kier alpha value is -3.75. The predicted molar refractivity (Wildman–Crippen MR) is 117 cm³/mol. The largest absolute Gasteiger partial charge is 0.356 e. The van der Waals surface area contributed by atoms with Crippen molar-refractivity contribution in [2.75, 3.05) is 23.3 Å². The molecule has 3 aromatic rings. The molecule has 1 aliphatic heterocycles. The molecule has 1 saturated heterocycles. The van der Waals surface area contributed by atoms with E-state index in [2.05, 4.69) is 30.6 Å². The number of hydrogen-bond acceptors (Lipinski definition) is 6. The number of nitrogens with one attached hydrogen (secondary N) is 2. The van der Waals surface area contributed by atoms with E-state index in [0.29, 0.717) is 17.9 Å². The van der Waals surface area contributed by atoms with Crippen molar-refractivity contribution in [3.63, 3.8) is 0 Å². The molecule has 1 aromatic carbocycles. The van der Waals surface area contributed by atoms with Gasteiger partial charge in [0.1, 0.15) is 18.7 Å². The highest BCUT2D eigenvalue weighted by molar-refractivity contribution is 6.06. The molecule has 9 heteroatoms. The summed E-state index contributed by atoms with van der Waals surface area (Å²) in [6.07, 6.45) is 6.51. The van der Waals surface area contributed by atoms with E-state index in [1.54, 1.807) is 18.3 Å². The Morgan fingerprint density at radius 3 is 2.58 bits per heavy atom. The van der Waals surface area contributed by atoms with E-state index in [4.69, 9.17) is 0 Å². The molecule has 4 rings (SSSR count). The van der Waals surface area contributed by atoms with Crippen molar-refractivity contribution in [2.24, 2.45) is 0 Å². The molecule has 0 saturated carbocycles. The maximum atomic E-state index is 12.8. The average Bonchev–Trinajstić information content (AvgIpc) is 3.25. The molecule has 9 nitrogen and oxygen atoms in total. The summed E-state index contributed by atoms with van der Waals surface area (Å²) < 4.78 is 1.39. The summed E-state index contributed by atoms with van der Waals surface area (Å²) in [5.41, 5.74) is 1.50. The van der Waals surface area contributed by atoms with Crippen molar-refractivity contribution in [1.29, 1.82) is 0 Å². The molecular formula is C22H25N7O2. The lowest BCUT2D eigenvalue weighted by molar-refractivity contribution is -0.122. The Morgan fingerprint density at radius 2 is 1.77 bits per heavy atom. The minimum atomic E-state index is -0.319. The molecular weight excluding hydrogens is 394 g/mol. The zero-order valence-corrected chi connectivity index (χ0v) is 17.2. The molecule has 0 unspecified atom stereocenters. The zero-order chi connectivity index (χ0) is 21.5. The number of anilines is 2. The molecule has 0 atom stereocenters. The lowest BCUT2D eigenvalue weighted by Gasteiger charge is -2.28. The van der Waals surface area contributed by atoms with E-state index in [0.717, 1.165) is 31.5 Å². The molecule has 0 aliphatic carbocycles. The van der Waals surface area contributed by atoms with Crippen LogP contribution in [-0.2, 0) is 17.9 Å². The third-order valence-electron chi connectivity index (χ3n) is 5.09. The van der Waals surface area contributed by atoms with Gasteiger partial charge in [0, 0.05) is 25.8 Å². The molecule has 2 amide bonds. The Kier molecular flexibility index (Phi) is 6.51. The summed E-state index contributed by atoms with van der Waals surface area (Å²) in [4.78, 5) is 35.6. The van der Waals surface area contributed by atoms with Gasteiger partial charge < -0.3 is 10.2 Å². The van der Waals surface area contributed by atoms with Crippen molar-refractivity contribution in [3.8, 4) is 0 Å². The first-order valence-electron chi connectivity index (χ1n) is 10.4. The zero-order valence-electron chi connectivity index (χ0n) is 17.2. The lowest BCUT2D eigenvalue weighted by atomic mass is 10.1. The number of nitrogens with zero attached hydrogens (tertiary/aromatic N) is 5. The third-order valence-corrected chi connectivity index (χ3v) is 5.09. The number of pyridine rings is 1. The monoisotopic (exact) mass is 419 g/mol. The van der Waals surface area contributed by atoms with Crippen molar-refractivity contribution in [1.82, 2.24) is 25.1 Å². The molecule has 0 bridgehead atoms. The van der Waals surface area contributed by atoms with Gasteiger partial charge in [-0.15, -0.1) is 5.10 Å². The highest BCUT2D eigenvalue weighted by Crippen LogP contribution is 2.22. The molecule has 1 aliphatic rings. The molecule has 160 valence electrons. The topological polar surface area (TPSA) is 105 Å². The molecule has 1 fully saturated rings. The van der Waals surface area contributed by atoms with Gasteiger partial charge in [-0.1, -0.05) is 30.3 Å². The van der Waals surface area contributed by atoms with Crippen molar-refractivity contribution < 1.29 is 9.59 Å². The van der Waals surface area contributed by atoms with E-state index in [1.165, 1.54) is 17.4 Å². The van der Waals surface area contributed by atoms with E-state index in [-0.39, 0.29) is 24.3 Å². The van der Waals surface area contributed by atoms with Gasteiger partial charge in [0.05, 0.1) is 5.56 Å². The molecule has 0 spiro atoms. The Labute approximate surface area is 180 Å². The van der Waals surface area contributed by atoms with Gasteiger partial charge in [-0.25, -0.2) is 14.6 Å². The van der Waals surface area contributed by atoms with Crippen LogP contribution in [0, 0.1) is 0 Å². The Bertz CT molecular complexity index is 1030. The number of amides is 2. The standard InChI is InChI=1S/C22H25N7O2/c30-19(24-14-17-8-3-1-4-9-17)15-29-16-25-22(27-29)26-21(31)18-10-7-11-23-20(18)28-12-5-2-6-13-28/h1,3-4,7-11,16H,2,5-6,12-15H2,(H,24,30)(H,26,27,31). The minimum absolute atomic E-state index is 0.0155. The van der Waals surface area contributed by atoms with E-state index in [1.807, 2.05) is 30.3 Å². The maximum Gasteiger partial charge on any atom is 0.261 e. The number of carbonyl (C=O) groups excluding carboxylic acids is 2. The summed E-state index contributed by atoms with van der Waals surface area (Å²) in [5, 5.41) is 9.74. The van der Waals surface area contributed by atoms with Crippen LogP contribution in [0.3, 0.4) is 0 Å². The van der Waals surface area contributed by atoms with Gasteiger partial charge in [0.15, 0.2) is 0 Å². The molecule has 0 radical (unpaired) electrons. The van der Waals surface area contributed by atoms with Crippen LogP contribution < -0.4 is 15.5 Å². The summed E-state index contributed by atoms with van der Waals surface area (Å²) in [7, 11) is 0. The first-order valence-corrected chi connectivity index (χ1v) is 10.4. The van der Waals surface area contributed by atoms with Gasteiger partial charge in [-0.2, -0.15) is 0 Å². The highest BCUT2D eigenvalue weighted by Gasteiger charge is 2.20. The van der Waals surface area contributed by atoms with Crippen LogP contribution in [0.25, 0.3) is 0 Å².